The molecule has 0 saturated carbocycles. The van der Waals surface area contributed by atoms with E-state index in [4.69, 9.17) is 14.5 Å². The van der Waals surface area contributed by atoms with E-state index in [2.05, 4.69) is 35.4 Å². The fraction of sp³-hybridized carbons (Fsp3) is 0.632. The average molecular weight is 476 g/mol. The second-order valence-corrected chi connectivity index (χ2v) is 6.21. The van der Waals surface area contributed by atoms with Crippen molar-refractivity contribution in [1.82, 2.24) is 15.5 Å². The van der Waals surface area contributed by atoms with Gasteiger partial charge in [0.1, 0.15) is 5.75 Å². The summed E-state index contributed by atoms with van der Waals surface area (Å²) in [5.41, 5.74) is 1.20. The molecule has 1 atom stereocenters. The smallest absolute Gasteiger partial charge is 0.191 e. The molecular formula is C19H33IN4O2. The van der Waals surface area contributed by atoms with Crippen molar-refractivity contribution in [1.29, 1.82) is 0 Å². The molecule has 1 unspecified atom stereocenters. The second kappa shape index (κ2) is 13.2. The summed E-state index contributed by atoms with van der Waals surface area (Å²) in [7, 11) is 1.71. The molecule has 1 aromatic carbocycles. The van der Waals surface area contributed by atoms with Crippen molar-refractivity contribution in [3.63, 3.8) is 0 Å². The van der Waals surface area contributed by atoms with Gasteiger partial charge in [0.15, 0.2) is 5.96 Å². The second-order valence-electron chi connectivity index (χ2n) is 6.21. The SMILES string of the molecule is CCNC(=NCC(C)N1CCOCC1)NCCc1ccccc1OC.I. The highest BCUT2D eigenvalue weighted by Crippen LogP contribution is 2.17. The van der Waals surface area contributed by atoms with Gasteiger partial charge in [0.05, 0.1) is 26.9 Å². The van der Waals surface area contributed by atoms with E-state index in [1.54, 1.807) is 7.11 Å². The van der Waals surface area contributed by atoms with Gasteiger partial charge in [-0.25, -0.2) is 0 Å². The minimum atomic E-state index is 0. The Balaban J connectivity index is 0.00000338. The minimum absolute atomic E-state index is 0. The molecule has 1 aliphatic heterocycles. The lowest BCUT2D eigenvalue weighted by Gasteiger charge is -2.31. The first kappa shape index (κ1) is 23.0. The van der Waals surface area contributed by atoms with Gasteiger partial charge in [0.2, 0.25) is 0 Å². The van der Waals surface area contributed by atoms with Crippen LogP contribution in [-0.2, 0) is 11.2 Å². The number of para-hydroxylation sites is 1. The lowest BCUT2D eigenvalue weighted by Crippen LogP contribution is -2.44. The third kappa shape index (κ3) is 7.67. The molecule has 1 aliphatic rings. The van der Waals surface area contributed by atoms with Gasteiger partial charge in [-0.15, -0.1) is 24.0 Å². The molecule has 1 aromatic rings. The summed E-state index contributed by atoms with van der Waals surface area (Å²) in [6, 6.07) is 8.56. The van der Waals surface area contributed by atoms with Crippen LogP contribution in [0.2, 0.25) is 0 Å². The first-order valence-corrected chi connectivity index (χ1v) is 9.20. The molecule has 0 aliphatic carbocycles. The van der Waals surface area contributed by atoms with Crippen LogP contribution >= 0.6 is 24.0 Å². The molecule has 0 radical (unpaired) electrons. The number of rotatable bonds is 8. The number of nitrogens with one attached hydrogen (secondary N) is 2. The van der Waals surface area contributed by atoms with Crippen molar-refractivity contribution in [2.45, 2.75) is 26.3 Å². The molecule has 0 aromatic heterocycles. The van der Waals surface area contributed by atoms with E-state index in [-0.39, 0.29) is 24.0 Å². The molecule has 6 nitrogen and oxygen atoms in total. The largest absolute Gasteiger partial charge is 0.496 e. The van der Waals surface area contributed by atoms with E-state index in [0.717, 1.165) is 64.1 Å². The van der Waals surface area contributed by atoms with Crippen molar-refractivity contribution in [3.05, 3.63) is 29.8 Å². The van der Waals surface area contributed by atoms with E-state index in [9.17, 15) is 0 Å². The lowest BCUT2D eigenvalue weighted by molar-refractivity contribution is 0.0220. The maximum atomic E-state index is 5.42. The van der Waals surface area contributed by atoms with Crippen molar-refractivity contribution in [3.8, 4) is 5.75 Å². The predicted molar refractivity (Wildman–Crippen MR) is 118 cm³/mol. The van der Waals surface area contributed by atoms with Crippen LogP contribution in [0.3, 0.4) is 0 Å². The summed E-state index contributed by atoms with van der Waals surface area (Å²) in [4.78, 5) is 7.18. The van der Waals surface area contributed by atoms with Crippen molar-refractivity contribution in [2.75, 3.05) is 53.0 Å². The number of methoxy groups -OCH3 is 1. The first-order valence-electron chi connectivity index (χ1n) is 9.20. The highest BCUT2D eigenvalue weighted by atomic mass is 127. The zero-order valence-electron chi connectivity index (χ0n) is 16.2. The molecule has 0 spiro atoms. The number of ether oxygens (including phenoxy) is 2. The Morgan fingerprint density at radius 1 is 1.27 bits per heavy atom. The fourth-order valence-electron chi connectivity index (χ4n) is 2.92. The van der Waals surface area contributed by atoms with Gasteiger partial charge in [0.25, 0.3) is 0 Å². The van der Waals surface area contributed by atoms with Crippen LogP contribution in [-0.4, -0.2) is 69.9 Å². The molecule has 0 amide bonds. The van der Waals surface area contributed by atoms with E-state index in [0.29, 0.717) is 6.04 Å². The molecule has 2 rings (SSSR count). The molecular weight excluding hydrogens is 443 g/mol. The Morgan fingerprint density at radius 3 is 2.69 bits per heavy atom. The highest BCUT2D eigenvalue weighted by molar-refractivity contribution is 14.0. The van der Waals surface area contributed by atoms with Gasteiger partial charge in [-0.1, -0.05) is 18.2 Å². The van der Waals surface area contributed by atoms with Crippen LogP contribution in [0.25, 0.3) is 0 Å². The lowest BCUT2D eigenvalue weighted by atomic mass is 10.1. The van der Waals surface area contributed by atoms with E-state index in [1.165, 1.54) is 5.56 Å². The topological polar surface area (TPSA) is 58.1 Å². The Morgan fingerprint density at radius 2 is 2.00 bits per heavy atom. The van der Waals surface area contributed by atoms with Crippen LogP contribution in [0.5, 0.6) is 5.75 Å². The number of guanidine groups is 1. The quantitative estimate of drug-likeness (QED) is 0.342. The summed E-state index contributed by atoms with van der Waals surface area (Å²) < 4.78 is 10.8. The molecule has 7 heteroatoms. The number of aliphatic imine (C=N–C) groups is 1. The first-order chi connectivity index (χ1) is 12.2. The Hall–Kier alpha value is -1.06. The molecule has 148 valence electrons. The summed E-state index contributed by atoms with van der Waals surface area (Å²) in [5.74, 6) is 1.81. The van der Waals surface area contributed by atoms with Crippen LogP contribution in [0.4, 0.5) is 0 Å². The normalized spacial score (nSPS) is 16.5. The number of morpholine rings is 1. The minimum Gasteiger partial charge on any atom is -0.496 e. The van der Waals surface area contributed by atoms with Gasteiger partial charge in [-0.05, 0) is 31.9 Å². The predicted octanol–water partition coefficient (Wildman–Crippen LogP) is 2.13. The van der Waals surface area contributed by atoms with E-state index >= 15 is 0 Å². The average Bonchev–Trinajstić information content (AvgIpc) is 2.67. The number of halogens is 1. The molecule has 0 bridgehead atoms. The molecule has 1 saturated heterocycles. The van der Waals surface area contributed by atoms with Crippen LogP contribution in [0.15, 0.2) is 29.3 Å². The molecule has 1 heterocycles. The Bertz CT molecular complexity index is 536. The third-order valence-corrected chi connectivity index (χ3v) is 4.41. The standard InChI is InChI=1S/C19H32N4O2.HI/c1-4-20-19(22-15-16(2)23-11-13-25-14-12-23)21-10-9-17-7-5-6-8-18(17)24-3;/h5-8,16H,4,9-15H2,1-3H3,(H2,20,21,22);1H. The van der Waals surface area contributed by atoms with Gasteiger partial charge >= 0.3 is 0 Å². The van der Waals surface area contributed by atoms with Crippen molar-refractivity contribution in [2.24, 2.45) is 4.99 Å². The number of hydrogen-bond donors (Lipinski definition) is 2. The van der Waals surface area contributed by atoms with Gasteiger partial charge in [-0.2, -0.15) is 0 Å². The molecule has 2 N–H and O–H groups in total. The summed E-state index contributed by atoms with van der Waals surface area (Å²) in [5, 5.41) is 6.74. The van der Waals surface area contributed by atoms with Crippen LogP contribution < -0.4 is 15.4 Å². The van der Waals surface area contributed by atoms with Crippen LogP contribution in [0, 0.1) is 0 Å². The molecule has 1 fully saturated rings. The maximum absolute atomic E-state index is 5.42. The van der Waals surface area contributed by atoms with Crippen molar-refractivity contribution < 1.29 is 9.47 Å². The van der Waals surface area contributed by atoms with E-state index < -0.39 is 0 Å². The van der Waals surface area contributed by atoms with Gasteiger partial charge in [0, 0.05) is 32.2 Å². The summed E-state index contributed by atoms with van der Waals surface area (Å²) >= 11 is 0. The number of hydrogen-bond acceptors (Lipinski definition) is 4. The molecule has 26 heavy (non-hydrogen) atoms. The summed E-state index contributed by atoms with van der Waals surface area (Å²) in [6.45, 7) is 10.4. The van der Waals surface area contributed by atoms with Gasteiger partial charge < -0.3 is 20.1 Å². The Labute approximate surface area is 174 Å². The Kier molecular flexibility index (Phi) is 11.6. The van der Waals surface area contributed by atoms with Crippen molar-refractivity contribution >= 4 is 29.9 Å². The maximum Gasteiger partial charge on any atom is 0.191 e. The zero-order chi connectivity index (χ0) is 17.9. The highest BCUT2D eigenvalue weighted by Gasteiger charge is 2.16. The van der Waals surface area contributed by atoms with Crippen LogP contribution in [0.1, 0.15) is 19.4 Å². The summed E-state index contributed by atoms with van der Waals surface area (Å²) in [6.07, 6.45) is 0.896. The number of nitrogens with zero attached hydrogens (tertiary/aromatic N) is 2. The fourth-order valence-corrected chi connectivity index (χ4v) is 2.92. The van der Waals surface area contributed by atoms with Gasteiger partial charge in [-0.3, -0.25) is 9.89 Å². The zero-order valence-corrected chi connectivity index (χ0v) is 18.5. The monoisotopic (exact) mass is 476 g/mol. The number of benzene rings is 1. The van der Waals surface area contributed by atoms with E-state index in [1.807, 2.05) is 18.2 Å². The third-order valence-electron chi connectivity index (χ3n) is 4.41.